The molecule has 0 saturated carbocycles. The number of amides is 3. The highest BCUT2D eigenvalue weighted by Gasteiger charge is 2.54. The number of urea groups is 1. The molecule has 0 radical (unpaired) electrons. The van der Waals surface area contributed by atoms with Crippen molar-refractivity contribution in [2.24, 2.45) is 5.92 Å². The van der Waals surface area contributed by atoms with Crippen molar-refractivity contribution in [3.05, 3.63) is 59.8 Å². The van der Waals surface area contributed by atoms with Gasteiger partial charge in [-0.15, -0.1) is 0 Å². The Hall–Kier alpha value is -3.42. The summed E-state index contributed by atoms with van der Waals surface area (Å²) in [5.41, 5.74) is 7.36. The van der Waals surface area contributed by atoms with Crippen molar-refractivity contribution < 1.29 is 19.5 Å². The van der Waals surface area contributed by atoms with Crippen LogP contribution in [0.1, 0.15) is 11.1 Å². The summed E-state index contributed by atoms with van der Waals surface area (Å²) in [6, 6.07) is 10.9. The normalized spacial score (nSPS) is 18.7. The van der Waals surface area contributed by atoms with Crippen molar-refractivity contribution in [3.63, 3.8) is 0 Å². The Bertz CT molecular complexity index is 856. The number of hydrogen-bond donors (Lipinski definition) is 3. The number of aromatic nitrogens is 1. The number of carbonyl (C=O) groups is 3. The van der Waals surface area contributed by atoms with Gasteiger partial charge in [-0.25, -0.2) is 19.5 Å². The topological polar surface area (TPSA) is 126 Å². The molecule has 1 aromatic carbocycles. The number of carboxylic acid groups (broad SMARTS) is 1. The number of nitrogens with one attached hydrogen (secondary N) is 1. The van der Waals surface area contributed by atoms with Gasteiger partial charge in [-0.2, -0.15) is 0 Å². The molecule has 3 amide bonds. The minimum atomic E-state index is -1.21. The Morgan fingerprint density at radius 2 is 1.93 bits per heavy atom. The van der Waals surface area contributed by atoms with Crippen LogP contribution in [0.15, 0.2) is 48.7 Å². The number of likely N-dealkylation sites (tertiary alicyclic amines) is 1. The molecule has 1 aliphatic rings. The average Bonchev–Trinajstić information content (AvgIpc) is 2.64. The lowest BCUT2D eigenvalue weighted by Crippen LogP contribution is -2.68. The maximum atomic E-state index is 12.4. The van der Waals surface area contributed by atoms with Crippen LogP contribution in [0.25, 0.3) is 0 Å². The van der Waals surface area contributed by atoms with Gasteiger partial charge in [0, 0.05) is 12.7 Å². The largest absolute Gasteiger partial charge is 0.480 e. The van der Waals surface area contributed by atoms with Gasteiger partial charge < -0.3 is 16.2 Å². The first-order chi connectivity index (χ1) is 13.0. The Kier molecular flexibility index (Phi) is 5.35. The van der Waals surface area contributed by atoms with E-state index in [1.54, 1.807) is 12.1 Å². The standard InChI is InChI=1S/C19H20N4O4/c20-15-11-13(7-8-21-15)10-14-16(18(25)26)23(17(14)24)19(27)22-9-6-12-4-2-1-3-5-12/h1-5,7-8,11,14,16H,6,9-10H2,(H2,20,21)(H,22,27)(H,25,26)/t14?,16-/m1/s1. The molecule has 4 N–H and O–H groups in total. The number of hydrogen-bond acceptors (Lipinski definition) is 5. The van der Waals surface area contributed by atoms with Crippen LogP contribution >= 0.6 is 0 Å². The summed E-state index contributed by atoms with van der Waals surface area (Å²) >= 11 is 0. The van der Waals surface area contributed by atoms with Crippen molar-refractivity contribution in [2.75, 3.05) is 12.3 Å². The molecule has 1 fully saturated rings. The second-order valence-electron chi connectivity index (χ2n) is 6.36. The van der Waals surface area contributed by atoms with Crippen LogP contribution in [-0.4, -0.2) is 45.5 Å². The van der Waals surface area contributed by atoms with Crippen molar-refractivity contribution in [2.45, 2.75) is 18.9 Å². The highest BCUT2D eigenvalue weighted by atomic mass is 16.4. The maximum absolute atomic E-state index is 12.4. The van der Waals surface area contributed by atoms with Gasteiger partial charge in [-0.3, -0.25) is 4.79 Å². The molecule has 1 unspecified atom stereocenters. The highest BCUT2D eigenvalue weighted by Crippen LogP contribution is 2.30. The third-order valence-corrected chi connectivity index (χ3v) is 4.52. The molecular formula is C19H20N4O4. The Labute approximate surface area is 156 Å². The number of nitrogen functional groups attached to an aromatic ring is 1. The fourth-order valence-electron chi connectivity index (χ4n) is 3.18. The lowest BCUT2D eigenvalue weighted by molar-refractivity contribution is -0.165. The van der Waals surface area contributed by atoms with Gasteiger partial charge >= 0.3 is 12.0 Å². The first-order valence-electron chi connectivity index (χ1n) is 8.55. The van der Waals surface area contributed by atoms with E-state index in [0.717, 1.165) is 10.5 Å². The number of anilines is 1. The van der Waals surface area contributed by atoms with Crippen molar-refractivity contribution >= 4 is 23.7 Å². The number of imide groups is 1. The van der Waals surface area contributed by atoms with E-state index in [4.69, 9.17) is 5.73 Å². The molecule has 3 rings (SSSR count). The second kappa shape index (κ2) is 7.86. The van der Waals surface area contributed by atoms with Gasteiger partial charge in [0.2, 0.25) is 5.91 Å². The number of rotatable bonds is 6. The van der Waals surface area contributed by atoms with E-state index in [-0.39, 0.29) is 6.42 Å². The van der Waals surface area contributed by atoms with Gasteiger partial charge in [0.25, 0.3) is 0 Å². The number of β-lactam (4-membered cyclic amide) rings is 1. The Morgan fingerprint density at radius 1 is 1.19 bits per heavy atom. The number of carbonyl (C=O) groups excluding carboxylic acids is 2. The van der Waals surface area contributed by atoms with Crippen molar-refractivity contribution in [1.82, 2.24) is 15.2 Å². The number of pyridine rings is 1. The van der Waals surface area contributed by atoms with Crippen LogP contribution < -0.4 is 11.1 Å². The predicted octanol–water partition coefficient (Wildman–Crippen LogP) is 1.07. The Balaban J connectivity index is 1.60. The number of nitrogens with zero attached hydrogens (tertiary/aromatic N) is 2. The van der Waals surface area contributed by atoms with Crippen LogP contribution in [0.2, 0.25) is 0 Å². The van der Waals surface area contributed by atoms with Crippen LogP contribution in [0, 0.1) is 5.92 Å². The second-order valence-corrected chi connectivity index (χ2v) is 6.36. The number of aliphatic carboxylic acids is 1. The van der Waals surface area contributed by atoms with E-state index in [1.165, 1.54) is 6.20 Å². The fraction of sp³-hybridized carbons (Fsp3) is 0.263. The average molecular weight is 368 g/mol. The summed E-state index contributed by atoms with van der Waals surface area (Å²) in [7, 11) is 0. The molecule has 1 aromatic heterocycles. The van der Waals surface area contributed by atoms with Crippen molar-refractivity contribution in [1.29, 1.82) is 0 Å². The van der Waals surface area contributed by atoms with Crippen LogP contribution in [0.4, 0.5) is 10.6 Å². The van der Waals surface area contributed by atoms with E-state index < -0.39 is 29.9 Å². The molecule has 8 nitrogen and oxygen atoms in total. The molecule has 2 aromatic rings. The lowest BCUT2D eigenvalue weighted by atomic mass is 9.82. The number of benzene rings is 1. The van der Waals surface area contributed by atoms with E-state index in [0.29, 0.717) is 24.3 Å². The molecular weight excluding hydrogens is 348 g/mol. The molecule has 8 heteroatoms. The zero-order valence-corrected chi connectivity index (χ0v) is 14.5. The molecule has 1 saturated heterocycles. The maximum Gasteiger partial charge on any atom is 0.327 e. The minimum Gasteiger partial charge on any atom is -0.480 e. The predicted molar refractivity (Wildman–Crippen MR) is 97.7 cm³/mol. The molecule has 1 aliphatic heterocycles. The molecule has 0 aliphatic carbocycles. The van der Waals surface area contributed by atoms with Crippen LogP contribution in [-0.2, 0) is 22.4 Å². The third kappa shape index (κ3) is 4.05. The van der Waals surface area contributed by atoms with Crippen molar-refractivity contribution in [3.8, 4) is 0 Å². The number of nitrogens with two attached hydrogens (primary N) is 1. The summed E-state index contributed by atoms with van der Waals surface area (Å²) in [4.78, 5) is 40.9. The molecule has 0 spiro atoms. The lowest BCUT2D eigenvalue weighted by Gasteiger charge is -2.42. The first kappa shape index (κ1) is 18.4. The summed E-state index contributed by atoms with van der Waals surface area (Å²) in [5.74, 6) is -2.22. The van der Waals surface area contributed by atoms with E-state index in [9.17, 15) is 19.5 Å². The molecule has 140 valence electrons. The van der Waals surface area contributed by atoms with Gasteiger partial charge in [-0.1, -0.05) is 30.3 Å². The minimum absolute atomic E-state index is 0.191. The molecule has 2 atom stereocenters. The first-order valence-corrected chi connectivity index (χ1v) is 8.55. The molecule has 27 heavy (non-hydrogen) atoms. The van der Waals surface area contributed by atoms with Crippen LogP contribution in [0.5, 0.6) is 0 Å². The van der Waals surface area contributed by atoms with Gasteiger partial charge in [0.15, 0.2) is 6.04 Å². The zero-order valence-electron chi connectivity index (χ0n) is 14.5. The van der Waals surface area contributed by atoms with Gasteiger partial charge in [0.1, 0.15) is 5.82 Å². The smallest absolute Gasteiger partial charge is 0.327 e. The van der Waals surface area contributed by atoms with E-state index >= 15 is 0 Å². The monoisotopic (exact) mass is 368 g/mol. The fourth-order valence-corrected chi connectivity index (χ4v) is 3.18. The molecule has 2 heterocycles. The summed E-state index contributed by atoms with van der Waals surface area (Å²) in [6.07, 6.45) is 2.28. The summed E-state index contributed by atoms with van der Waals surface area (Å²) in [6.45, 7) is 0.310. The summed E-state index contributed by atoms with van der Waals surface area (Å²) < 4.78 is 0. The molecule has 0 bridgehead atoms. The SMILES string of the molecule is Nc1cc(CC2C(=O)N(C(=O)NCCc3ccccc3)[C@H]2C(=O)O)ccn1. The van der Waals surface area contributed by atoms with E-state index in [1.807, 2.05) is 30.3 Å². The van der Waals surface area contributed by atoms with E-state index in [2.05, 4.69) is 10.3 Å². The van der Waals surface area contributed by atoms with Crippen LogP contribution in [0.3, 0.4) is 0 Å². The zero-order chi connectivity index (χ0) is 19.4. The Morgan fingerprint density at radius 3 is 2.59 bits per heavy atom. The van der Waals surface area contributed by atoms with Gasteiger partial charge in [0.05, 0.1) is 5.92 Å². The highest BCUT2D eigenvalue weighted by molar-refractivity contribution is 6.07. The number of carboxylic acids is 1. The van der Waals surface area contributed by atoms with Gasteiger partial charge in [-0.05, 0) is 36.1 Å². The summed E-state index contributed by atoms with van der Waals surface area (Å²) in [5, 5.41) is 12.1. The quantitative estimate of drug-likeness (QED) is 0.655. The third-order valence-electron chi connectivity index (χ3n) is 4.52.